The number of aromatic nitrogens is 1. The minimum atomic E-state index is -0.441. The maximum atomic E-state index is 12.8. The average Bonchev–Trinajstić information content (AvgIpc) is 2.99. The van der Waals surface area contributed by atoms with Crippen LogP contribution in [-0.4, -0.2) is 29.2 Å². The molecule has 3 rings (SSSR count). The van der Waals surface area contributed by atoms with Crippen molar-refractivity contribution >= 4 is 11.7 Å². The van der Waals surface area contributed by atoms with Crippen molar-refractivity contribution < 1.29 is 19.2 Å². The van der Waals surface area contributed by atoms with Crippen molar-refractivity contribution in [2.75, 3.05) is 13.7 Å². The molecule has 0 spiro atoms. The lowest BCUT2D eigenvalue weighted by atomic mass is 10.0. The van der Waals surface area contributed by atoms with Crippen molar-refractivity contribution in [3.63, 3.8) is 0 Å². The van der Waals surface area contributed by atoms with Crippen LogP contribution in [0.3, 0.4) is 0 Å². The van der Waals surface area contributed by atoms with Gasteiger partial charge in [0.2, 0.25) is 0 Å². The highest BCUT2D eigenvalue weighted by atomic mass is 16.6. The van der Waals surface area contributed by atoms with Crippen molar-refractivity contribution in [1.82, 2.24) is 4.57 Å². The van der Waals surface area contributed by atoms with Gasteiger partial charge in [0.05, 0.1) is 24.2 Å². The first-order chi connectivity index (χ1) is 14.4. The number of methoxy groups -OCH3 is 1. The number of benzene rings is 2. The monoisotopic (exact) mass is 408 g/mol. The van der Waals surface area contributed by atoms with E-state index in [0.717, 1.165) is 33.8 Å². The molecule has 0 aliphatic carbocycles. The van der Waals surface area contributed by atoms with Crippen LogP contribution in [0.1, 0.15) is 34.2 Å². The van der Waals surface area contributed by atoms with Gasteiger partial charge in [-0.05, 0) is 56.2 Å². The fraction of sp³-hybridized carbons (Fsp3) is 0.261. The summed E-state index contributed by atoms with van der Waals surface area (Å²) in [5.74, 6) is 0.374. The van der Waals surface area contributed by atoms with E-state index in [1.807, 2.05) is 38.1 Å². The molecule has 1 aromatic heterocycles. The summed E-state index contributed by atoms with van der Waals surface area (Å²) < 4.78 is 12.6. The van der Waals surface area contributed by atoms with E-state index in [9.17, 15) is 14.9 Å². The molecule has 0 unspecified atom stereocenters. The predicted molar refractivity (Wildman–Crippen MR) is 114 cm³/mol. The Morgan fingerprint density at radius 2 is 1.67 bits per heavy atom. The first-order valence-electron chi connectivity index (χ1n) is 9.61. The fourth-order valence-corrected chi connectivity index (χ4v) is 3.59. The summed E-state index contributed by atoms with van der Waals surface area (Å²) in [6.45, 7) is 6.43. The molecule has 0 amide bonds. The largest absolute Gasteiger partial charge is 0.497 e. The second kappa shape index (κ2) is 8.82. The van der Waals surface area contributed by atoms with E-state index in [-0.39, 0.29) is 12.3 Å². The molecule has 0 fully saturated rings. The van der Waals surface area contributed by atoms with Crippen LogP contribution >= 0.6 is 0 Å². The number of nitro groups is 1. The Labute approximate surface area is 175 Å². The lowest BCUT2D eigenvalue weighted by molar-refractivity contribution is -0.384. The van der Waals surface area contributed by atoms with Gasteiger partial charge in [-0.3, -0.25) is 10.1 Å². The number of non-ortho nitro benzene ring substituents is 1. The van der Waals surface area contributed by atoms with Crippen LogP contribution in [-0.2, 0) is 11.3 Å². The molecule has 0 saturated carbocycles. The maximum absolute atomic E-state index is 12.8. The summed E-state index contributed by atoms with van der Waals surface area (Å²) in [7, 11) is 1.62. The van der Waals surface area contributed by atoms with Gasteiger partial charge in [0.15, 0.2) is 0 Å². The third-order valence-corrected chi connectivity index (χ3v) is 5.13. The highest BCUT2D eigenvalue weighted by Gasteiger charge is 2.25. The van der Waals surface area contributed by atoms with Crippen LogP contribution in [0.15, 0.2) is 48.5 Å². The van der Waals surface area contributed by atoms with Gasteiger partial charge in [-0.2, -0.15) is 0 Å². The third-order valence-electron chi connectivity index (χ3n) is 5.13. The topological polar surface area (TPSA) is 83.6 Å². The highest BCUT2D eigenvalue weighted by Crippen LogP contribution is 2.34. The molecule has 7 heteroatoms. The number of esters is 1. The van der Waals surface area contributed by atoms with Crippen LogP contribution in [0.5, 0.6) is 5.75 Å². The van der Waals surface area contributed by atoms with Gasteiger partial charge >= 0.3 is 5.97 Å². The number of nitrogens with zero attached hydrogens (tertiary/aromatic N) is 2. The van der Waals surface area contributed by atoms with E-state index in [4.69, 9.17) is 9.47 Å². The molecule has 0 aliphatic rings. The predicted octanol–water partition coefficient (Wildman–Crippen LogP) is 4.91. The average molecular weight is 408 g/mol. The second-order valence-electron chi connectivity index (χ2n) is 6.88. The van der Waals surface area contributed by atoms with Gasteiger partial charge in [0, 0.05) is 35.6 Å². The van der Waals surface area contributed by atoms with E-state index in [1.54, 1.807) is 26.2 Å². The zero-order valence-electron chi connectivity index (χ0n) is 17.5. The van der Waals surface area contributed by atoms with Gasteiger partial charge in [0.1, 0.15) is 5.75 Å². The quantitative estimate of drug-likeness (QED) is 0.315. The van der Waals surface area contributed by atoms with Crippen LogP contribution in [0.4, 0.5) is 5.69 Å². The van der Waals surface area contributed by atoms with E-state index < -0.39 is 10.9 Å². The number of nitro benzene ring substituents is 1. The van der Waals surface area contributed by atoms with Crippen LogP contribution < -0.4 is 4.74 Å². The van der Waals surface area contributed by atoms with E-state index in [0.29, 0.717) is 12.1 Å². The standard InChI is InChI=1S/C23H24N2O5/c1-5-30-23(26)22-16(3)24(14-17-6-12-20(29-4)13-7-17)15(2)21(22)18-8-10-19(11-9-18)25(27)28/h6-13H,5,14H2,1-4H3. The molecule has 0 saturated heterocycles. The zero-order valence-corrected chi connectivity index (χ0v) is 17.5. The lowest BCUT2D eigenvalue weighted by Crippen LogP contribution is -2.09. The van der Waals surface area contributed by atoms with Crippen molar-refractivity contribution in [2.45, 2.75) is 27.3 Å². The molecule has 156 valence electrons. The number of ether oxygens (including phenoxy) is 2. The Balaban J connectivity index is 2.11. The molecule has 0 atom stereocenters. The van der Waals surface area contributed by atoms with Crippen LogP contribution in [0, 0.1) is 24.0 Å². The molecule has 0 radical (unpaired) electrons. The second-order valence-corrected chi connectivity index (χ2v) is 6.88. The number of carbonyl (C=O) groups excluding carboxylic acids is 1. The van der Waals surface area contributed by atoms with Crippen molar-refractivity contribution in [2.24, 2.45) is 0 Å². The highest BCUT2D eigenvalue weighted by molar-refractivity contribution is 6.00. The Morgan fingerprint density at radius 1 is 1.03 bits per heavy atom. The van der Waals surface area contributed by atoms with E-state index >= 15 is 0 Å². The maximum Gasteiger partial charge on any atom is 0.340 e. The molecule has 0 N–H and O–H groups in total. The fourth-order valence-electron chi connectivity index (χ4n) is 3.59. The molecule has 0 aliphatic heterocycles. The molecule has 3 aromatic rings. The zero-order chi connectivity index (χ0) is 21.8. The summed E-state index contributed by atoms with van der Waals surface area (Å²) in [4.78, 5) is 23.3. The first kappa shape index (κ1) is 21.1. The molecule has 7 nitrogen and oxygen atoms in total. The molecule has 1 heterocycles. The van der Waals surface area contributed by atoms with E-state index in [2.05, 4.69) is 4.57 Å². The molecular weight excluding hydrogens is 384 g/mol. The summed E-state index contributed by atoms with van der Waals surface area (Å²) in [6, 6.07) is 14.0. The summed E-state index contributed by atoms with van der Waals surface area (Å²) in [6.07, 6.45) is 0. The number of rotatable bonds is 7. The van der Waals surface area contributed by atoms with Crippen molar-refractivity contribution in [3.05, 3.63) is 81.2 Å². The number of hydrogen-bond donors (Lipinski definition) is 0. The Bertz CT molecular complexity index is 1070. The lowest BCUT2D eigenvalue weighted by Gasteiger charge is -2.11. The number of carbonyl (C=O) groups is 1. The van der Waals surface area contributed by atoms with Crippen LogP contribution in [0.25, 0.3) is 11.1 Å². The Kier molecular flexibility index (Phi) is 6.20. The minimum absolute atomic E-state index is 0.00322. The number of hydrogen-bond acceptors (Lipinski definition) is 5. The van der Waals surface area contributed by atoms with Crippen molar-refractivity contribution in [3.8, 4) is 16.9 Å². The third kappa shape index (κ3) is 4.05. The summed E-state index contributed by atoms with van der Waals surface area (Å²) >= 11 is 0. The van der Waals surface area contributed by atoms with Gasteiger partial charge in [-0.25, -0.2) is 4.79 Å². The van der Waals surface area contributed by atoms with Crippen molar-refractivity contribution in [1.29, 1.82) is 0 Å². The summed E-state index contributed by atoms with van der Waals surface area (Å²) in [5, 5.41) is 11.0. The minimum Gasteiger partial charge on any atom is -0.497 e. The molecule has 2 aromatic carbocycles. The summed E-state index contributed by atoms with van der Waals surface area (Å²) in [5.41, 5.74) is 4.69. The van der Waals surface area contributed by atoms with Gasteiger partial charge < -0.3 is 14.0 Å². The SMILES string of the molecule is CCOC(=O)c1c(-c2ccc([N+](=O)[O-])cc2)c(C)n(Cc2ccc(OC)cc2)c1C. The first-order valence-corrected chi connectivity index (χ1v) is 9.61. The smallest absolute Gasteiger partial charge is 0.340 e. The molecule has 0 bridgehead atoms. The Hall–Kier alpha value is -3.61. The normalized spacial score (nSPS) is 10.7. The van der Waals surface area contributed by atoms with Gasteiger partial charge in [0.25, 0.3) is 5.69 Å². The van der Waals surface area contributed by atoms with Gasteiger partial charge in [-0.1, -0.05) is 12.1 Å². The molecule has 30 heavy (non-hydrogen) atoms. The van der Waals surface area contributed by atoms with Crippen LogP contribution in [0.2, 0.25) is 0 Å². The van der Waals surface area contributed by atoms with E-state index in [1.165, 1.54) is 12.1 Å². The Morgan fingerprint density at radius 3 is 2.20 bits per heavy atom. The van der Waals surface area contributed by atoms with Gasteiger partial charge in [-0.15, -0.1) is 0 Å². The molecular formula is C23H24N2O5.